The first-order chi connectivity index (χ1) is 11.0. The SMILES string of the molecule is COC(=O)CCCc1nc(CN(C2CC2)C(C)C(=O)OC)no1. The number of esters is 2. The van der Waals surface area contributed by atoms with E-state index in [2.05, 4.69) is 14.9 Å². The number of aromatic nitrogens is 2. The highest BCUT2D eigenvalue weighted by Gasteiger charge is 2.36. The number of nitrogens with zero attached hydrogens (tertiary/aromatic N) is 3. The van der Waals surface area contributed by atoms with E-state index >= 15 is 0 Å². The molecule has 128 valence electrons. The van der Waals surface area contributed by atoms with Crippen molar-refractivity contribution in [2.75, 3.05) is 14.2 Å². The highest BCUT2D eigenvalue weighted by Crippen LogP contribution is 2.30. The van der Waals surface area contributed by atoms with Gasteiger partial charge in [0.05, 0.1) is 20.8 Å². The van der Waals surface area contributed by atoms with Crippen molar-refractivity contribution in [1.29, 1.82) is 0 Å². The van der Waals surface area contributed by atoms with Gasteiger partial charge in [-0.2, -0.15) is 4.98 Å². The summed E-state index contributed by atoms with van der Waals surface area (Å²) in [7, 11) is 2.75. The Morgan fingerprint density at radius 1 is 1.35 bits per heavy atom. The lowest BCUT2D eigenvalue weighted by Crippen LogP contribution is -2.41. The first-order valence-corrected chi connectivity index (χ1v) is 7.77. The third-order valence-electron chi connectivity index (χ3n) is 3.89. The van der Waals surface area contributed by atoms with Crippen molar-refractivity contribution in [3.8, 4) is 0 Å². The van der Waals surface area contributed by atoms with Gasteiger partial charge in [-0.3, -0.25) is 14.5 Å². The number of rotatable bonds is 9. The molecule has 1 fully saturated rings. The third-order valence-corrected chi connectivity index (χ3v) is 3.89. The molecule has 0 amide bonds. The predicted octanol–water partition coefficient (Wildman–Crippen LogP) is 1.09. The lowest BCUT2D eigenvalue weighted by atomic mass is 10.2. The molecule has 1 saturated carbocycles. The van der Waals surface area contributed by atoms with E-state index in [0.29, 0.717) is 43.6 Å². The molecule has 0 bridgehead atoms. The maximum absolute atomic E-state index is 11.7. The maximum atomic E-state index is 11.7. The maximum Gasteiger partial charge on any atom is 0.322 e. The predicted molar refractivity (Wildman–Crippen MR) is 79.3 cm³/mol. The first kappa shape index (κ1) is 17.4. The van der Waals surface area contributed by atoms with Gasteiger partial charge in [-0.15, -0.1) is 0 Å². The van der Waals surface area contributed by atoms with Gasteiger partial charge in [-0.1, -0.05) is 5.16 Å². The first-order valence-electron chi connectivity index (χ1n) is 7.77. The summed E-state index contributed by atoms with van der Waals surface area (Å²) >= 11 is 0. The second-order valence-electron chi connectivity index (χ2n) is 5.64. The van der Waals surface area contributed by atoms with Crippen LogP contribution in [0.1, 0.15) is 44.3 Å². The summed E-state index contributed by atoms with van der Waals surface area (Å²) in [5.74, 6) is 0.515. The van der Waals surface area contributed by atoms with E-state index in [1.165, 1.54) is 14.2 Å². The molecule has 1 atom stereocenters. The van der Waals surface area contributed by atoms with Crippen LogP contribution in [0.2, 0.25) is 0 Å². The highest BCUT2D eigenvalue weighted by molar-refractivity contribution is 5.75. The molecule has 8 nitrogen and oxygen atoms in total. The van der Waals surface area contributed by atoms with Gasteiger partial charge < -0.3 is 14.0 Å². The van der Waals surface area contributed by atoms with Crippen LogP contribution in [0.4, 0.5) is 0 Å². The number of carbonyl (C=O) groups is 2. The molecule has 1 unspecified atom stereocenters. The van der Waals surface area contributed by atoms with Crippen molar-refractivity contribution < 1.29 is 23.6 Å². The molecule has 8 heteroatoms. The van der Waals surface area contributed by atoms with Crippen LogP contribution >= 0.6 is 0 Å². The van der Waals surface area contributed by atoms with Crippen LogP contribution in [-0.4, -0.2) is 53.3 Å². The van der Waals surface area contributed by atoms with Crippen molar-refractivity contribution in [3.63, 3.8) is 0 Å². The monoisotopic (exact) mass is 325 g/mol. The Balaban J connectivity index is 1.88. The molecule has 1 aromatic heterocycles. The summed E-state index contributed by atoms with van der Waals surface area (Å²) in [5.41, 5.74) is 0. The number of methoxy groups -OCH3 is 2. The van der Waals surface area contributed by atoms with Gasteiger partial charge in [0, 0.05) is 18.9 Å². The Bertz CT molecular complexity index is 541. The molecule has 1 aromatic rings. The van der Waals surface area contributed by atoms with Gasteiger partial charge in [0.15, 0.2) is 5.82 Å². The zero-order valence-corrected chi connectivity index (χ0v) is 13.8. The molecule has 0 aromatic carbocycles. The summed E-state index contributed by atoms with van der Waals surface area (Å²) in [6.07, 6.45) is 3.56. The largest absolute Gasteiger partial charge is 0.469 e. The normalized spacial score (nSPS) is 15.5. The summed E-state index contributed by atoms with van der Waals surface area (Å²) in [4.78, 5) is 29.2. The van der Waals surface area contributed by atoms with E-state index < -0.39 is 0 Å². The molecule has 0 aliphatic heterocycles. The second-order valence-corrected chi connectivity index (χ2v) is 5.64. The molecule has 1 aliphatic rings. The molecule has 0 N–H and O–H groups in total. The van der Waals surface area contributed by atoms with Crippen LogP contribution in [0.5, 0.6) is 0 Å². The zero-order chi connectivity index (χ0) is 16.8. The van der Waals surface area contributed by atoms with Crippen LogP contribution in [-0.2, 0) is 32.0 Å². The summed E-state index contributed by atoms with van der Waals surface area (Å²) in [6, 6.07) is 0.0270. The molecule has 0 spiro atoms. The number of hydrogen-bond acceptors (Lipinski definition) is 8. The Morgan fingerprint density at radius 3 is 2.70 bits per heavy atom. The van der Waals surface area contributed by atoms with Crippen molar-refractivity contribution in [3.05, 3.63) is 11.7 Å². The Hall–Kier alpha value is -1.96. The molecule has 1 aliphatic carbocycles. The topological polar surface area (TPSA) is 94.8 Å². The lowest BCUT2D eigenvalue weighted by molar-refractivity contribution is -0.147. The fourth-order valence-corrected chi connectivity index (χ4v) is 2.40. The van der Waals surface area contributed by atoms with Crippen molar-refractivity contribution in [2.45, 2.75) is 57.7 Å². The Kier molecular flexibility index (Phi) is 6.09. The average Bonchev–Trinajstić information content (AvgIpc) is 3.31. The average molecular weight is 325 g/mol. The molecule has 23 heavy (non-hydrogen) atoms. The minimum Gasteiger partial charge on any atom is -0.469 e. The van der Waals surface area contributed by atoms with Gasteiger partial charge in [0.25, 0.3) is 0 Å². The van der Waals surface area contributed by atoms with Crippen LogP contribution in [0.25, 0.3) is 0 Å². The minimum absolute atomic E-state index is 0.253. The van der Waals surface area contributed by atoms with Gasteiger partial charge in [-0.25, -0.2) is 0 Å². The van der Waals surface area contributed by atoms with Crippen molar-refractivity contribution in [1.82, 2.24) is 15.0 Å². The number of aryl methyl sites for hydroxylation is 1. The lowest BCUT2D eigenvalue weighted by Gasteiger charge is -2.25. The molecule has 2 rings (SSSR count). The molecule has 0 radical (unpaired) electrons. The summed E-state index contributed by atoms with van der Waals surface area (Å²) < 4.78 is 14.6. The van der Waals surface area contributed by atoms with E-state index in [-0.39, 0.29) is 18.0 Å². The highest BCUT2D eigenvalue weighted by atomic mass is 16.5. The smallest absolute Gasteiger partial charge is 0.322 e. The zero-order valence-electron chi connectivity index (χ0n) is 13.8. The number of hydrogen-bond donors (Lipinski definition) is 0. The Labute approximate surface area is 135 Å². The van der Waals surface area contributed by atoms with Gasteiger partial charge in [0.1, 0.15) is 6.04 Å². The number of carbonyl (C=O) groups excluding carboxylic acids is 2. The number of ether oxygens (including phenoxy) is 2. The van der Waals surface area contributed by atoms with E-state index in [9.17, 15) is 9.59 Å². The summed E-state index contributed by atoms with van der Waals surface area (Å²) in [6.45, 7) is 2.27. The van der Waals surface area contributed by atoms with Gasteiger partial charge in [0.2, 0.25) is 5.89 Å². The van der Waals surface area contributed by atoms with E-state index in [4.69, 9.17) is 9.26 Å². The Morgan fingerprint density at radius 2 is 2.09 bits per heavy atom. The van der Waals surface area contributed by atoms with Gasteiger partial charge >= 0.3 is 11.9 Å². The van der Waals surface area contributed by atoms with Crippen LogP contribution in [0, 0.1) is 0 Å². The second kappa shape index (κ2) is 8.05. The van der Waals surface area contributed by atoms with Crippen molar-refractivity contribution >= 4 is 11.9 Å². The molecule has 0 saturated heterocycles. The fraction of sp³-hybridized carbons (Fsp3) is 0.733. The molecular weight excluding hydrogens is 302 g/mol. The standard InChI is InChI=1S/C15H23N3O5/c1-10(15(20)22-3)18(11-7-8-11)9-12-16-13(23-17-12)5-4-6-14(19)21-2/h10-11H,4-9H2,1-3H3. The molecular formula is C15H23N3O5. The van der Waals surface area contributed by atoms with E-state index in [1.807, 2.05) is 11.8 Å². The third kappa shape index (κ3) is 5.02. The minimum atomic E-state index is -0.339. The van der Waals surface area contributed by atoms with E-state index in [0.717, 1.165) is 12.8 Å². The summed E-state index contributed by atoms with van der Waals surface area (Å²) in [5, 5.41) is 3.96. The molecule has 1 heterocycles. The van der Waals surface area contributed by atoms with Crippen molar-refractivity contribution in [2.24, 2.45) is 0 Å². The van der Waals surface area contributed by atoms with Gasteiger partial charge in [-0.05, 0) is 26.2 Å². The van der Waals surface area contributed by atoms with Crippen LogP contribution in [0.15, 0.2) is 4.52 Å². The van der Waals surface area contributed by atoms with E-state index in [1.54, 1.807) is 0 Å². The van der Waals surface area contributed by atoms with Crippen LogP contribution < -0.4 is 0 Å². The van der Waals surface area contributed by atoms with Crippen LogP contribution in [0.3, 0.4) is 0 Å². The quantitative estimate of drug-likeness (QED) is 0.623. The fourth-order valence-electron chi connectivity index (χ4n) is 2.40.